The molecule has 1 fully saturated rings. The molecule has 122 valence electrons. The predicted octanol–water partition coefficient (Wildman–Crippen LogP) is 3.25. The maximum atomic E-state index is 9.67. The molecule has 2 aromatic carbocycles. The summed E-state index contributed by atoms with van der Waals surface area (Å²) in [7, 11) is 0. The summed E-state index contributed by atoms with van der Waals surface area (Å²) in [5, 5.41) is 10.8. The van der Waals surface area contributed by atoms with Gasteiger partial charge < -0.3 is 5.11 Å². The van der Waals surface area contributed by atoms with E-state index in [0.29, 0.717) is 0 Å². The Hall–Kier alpha value is -2.30. The summed E-state index contributed by atoms with van der Waals surface area (Å²) < 4.78 is 0. The maximum Gasteiger partial charge on any atom is 0.143 e. The molecule has 24 heavy (non-hydrogen) atoms. The highest BCUT2D eigenvalue weighted by molar-refractivity contribution is 5.92. The van der Waals surface area contributed by atoms with Crippen molar-refractivity contribution in [3.05, 3.63) is 60.4 Å². The Morgan fingerprint density at radius 2 is 1.62 bits per heavy atom. The molecule has 4 rings (SSSR count). The number of fused-ring (bicyclic) bond motifs is 1. The standard InChI is InChI=1S/C20H21N3O/c24-16-10-12-23(13-11-16)14-19-21-18-9-5-4-8-17(18)20(22-19)15-6-2-1-3-7-15/h1-9,16,24H,10-14H2. The van der Waals surface area contributed by atoms with Crippen molar-refractivity contribution in [2.24, 2.45) is 0 Å². The molecule has 3 aromatic rings. The van der Waals surface area contributed by atoms with Crippen molar-refractivity contribution < 1.29 is 5.11 Å². The normalized spacial score (nSPS) is 16.5. The van der Waals surface area contributed by atoms with Crippen LogP contribution in [0, 0.1) is 0 Å². The number of hydrogen-bond donors (Lipinski definition) is 1. The fourth-order valence-electron chi connectivity index (χ4n) is 3.29. The third-order valence-electron chi connectivity index (χ3n) is 4.62. The first kappa shape index (κ1) is 15.2. The van der Waals surface area contributed by atoms with Crippen LogP contribution in [0.2, 0.25) is 0 Å². The molecule has 2 heterocycles. The van der Waals surface area contributed by atoms with E-state index in [1.165, 1.54) is 0 Å². The number of likely N-dealkylation sites (tertiary alicyclic amines) is 1. The highest BCUT2D eigenvalue weighted by Crippen LogP contribution is 2.26. The second-order valence-corrected chi connectivity index (χ2v) is 6.38. The number of piperidine rings is 1. The topological polar surface area (TPSA) is 49.2 Å². The maximum absolute atomic E-state index is 9.67. The molecule has 0 unspecified atom stereocenters. The monoisotopic (exact) mass is 319 g/mol. The van der Waals surface area contributed by atoms with E-state index in [0.717, 1.165) is 60.5 Å². The first-order valence-corrected chi connectivity index (χ1v) is 8.51. The Morgan fingerprint density at radius 3 is 2.42 bits per heavy atom. The molecule has 1 aromatic heterocycles. The molecule has 1 N–H and O–H groups in total. The van der Waals surface area contributed by atoms with Crippen molar-refractivity contribution in [3.63, 3.8) is 0 Å². The lowest BCUT2D eigenvalue weighted by Crippen LogP contribution is -2.35. The molecule has 1 aliphatic heterocycles. The molecular weight excluding hydrogens is 298 g/mol. The molecule has 1 aliphatic rings. The number of nitrogens with zero attached hydrogens (tertiary/aromatic N) is 3. The zero-order valence-electron chi connectivity index (χ0n) is 13.6. The van der Waals surface area contributed by atoms with E-state index in [4.69, 9.17) is 9.97 Å². The van der Waals surface area contributed by atoms with Crippen LogP contribution < -0.4 is 0 Å². The van der Waals surface area contributed by atoms with E-state index in [9.17, 15) is 5.11 Å². The van der Waals surface area contributed by atoms with Gasteiger partial charge in [-0.2, -0.15) is 0 Å². The van der Waals surface area contributed by atoms with Gasteiger partial charge in [0.25, 0.3) is 0 Å². The van der Waals surface area contributed by atoms with Crippen LogP contribution in [0.25, 0.3) is 22.2 Å². The minimum atomic E-state index is -0.154. The van der Waals surface area contributed by atoms with Crippen LogP contribution >= 0.6 is 0 Å². The van der Waals surface area contributed by atoms with Crippen LogP contribution in [0.3, 0.4) is 0 Å². The van der Waals surface area contributed by atoms with Crippen molar-refractivity contribution in [3.8, 4) is 11.3 Å². The lowest BCUT2D eigenvalue weighted by atomic mass is 10.1. The van der Waals surface area contributed by atoms with E-state index in [1.807, 2.05) is 36.4 Å². The van der Waals surface area contributed by atoms with E-state index in [-0.39, 0.29) is 6.10 Å². The van der Waals surface area contributed by atoms with E-state index in [1.54, 1.807) is 0 Å². The van der Waals surface area contributed by atoms with Crippen LogP contribution in [-0.4, -0.2) is 39.2 Å². The zero-order valence-corrected chi connectivity index (χ0v) is 13.6. The van der Waals surface area contributed by atoms with E-state index >= 15 is 0 Å². The summed E-state index contributed by atoms with van der Waals surface area (Å²) in [5.74, 6) is 0.851. The van der Waals surface area contributed by atoms with Crippen LogP contribution in [0.5, 0.6) is 0 Å². The molecule has 0 saturated carbocycles. The molecule has 0 radical (unpaired) electrons. The van der Waals surface area contributed by atoms with Crippen LogP contribution in [0.4, 0.5) is 0 Å². The SMILES string of the molecule is OC1CCN(Cc2nc(-c3ccccc3)c3ccccc3n2)CC1. The van der Waals surface area contributed by atoms with Crippen LogP contribution in [0.15, 0.2) is 54.6 Å². The van der Waals surface area contributed by atoms with Crippen molar-refractivity contribution in [1.82, 2.24) is 14.9 Å². The number of para-hydroxylation sites is 1. The summed E-state index contributed by atoms with van der Waals surface area (Å²) in [5.41, 5.74) is 3.10. The molecule has 0 aliphatic carbocycles. The molecular formula is C20H21N3O. The van der Waals surface area contributed by atoms with Gasteiger partial charge in [-0.25, -0.2) is 9.97 Å². The van der Waals surface area contributed by atoms with Gasteiger partial charge in [0.2, 0.25) is 0 Å². The molecule has 1 saturated heterocycles. The van der Waals surface area contributed by atoms with Gasteiger partial charge in [-0.05, 0) is 18.9 Å². The highest BCUT2D eigenvalue weighted by atomic mass is 16.3. The quantitative estimate of drug-likeness (QED) is 0.805. The number of benzene rings is 2. The molecule has 4 heteroatoms. The van der Waals surface area contributed by atoms with Gasteiger partial charge in [0.15, 0.2) is 0 Å². The van der Waals surface area contributed by atoms with Crippen molar-refractivity contribution in [1.29, 1.82) is 0 Å². The molecule has 4 nitrogen and oxygen atoms in total. The summed E-state index contributed by atoms with van der Waals surface area (Å²) in [6.45, 7) is 2.54. The Bertz CT molecular complexity index is 827. The number of aliphatic hydroxyl groups excluding tert-OH is 1. The first-order chi connectivity index (χ1) is 11.8. The van der Waals surface area contributed by atoms with Crippen molar-refractivity contribution >= 4 is 10.9 Å². The second kappa shape index (κ2) is 6.67. The largest absolute Gasteiger partial charge is 0.393 e. The minimum absolute atomic E-state index is 0.154. The van der Waals surface area contributed by atoms with Crippen LogP contribution in [-0.2, 0) is 6.54 Å². The number of aliphatic hydroxyl groups is 1. The van der Waals surface area contributed by atoms with Gasteiger partial charge in [-0.15, -0.1) is 0 Å². The smallest absolute Gasteiger partial charge is 0.143 e. The van der Waals surface area contributed by atoms with Crippen LogP contribution in [0.1, 0.15) is 18.7 Å². The van der Waals surface area contributed by atoms with E-state index in [2.05, 4.69) is 23.1 Å². The number of rotatable bonds is 3. The average Bonchev–Trinajstić information content (AvgIpc) is 2.64. The second-order valence-electron chi connectivity index (χ2n) is 6.38. The summed E-state index contributed by atoms with van der Waals surface area (Å²) >= 11 is 0. The summed E-state index contributed by atoms with van der Waals surface area (Å²) in [6.07, 6.45) is 1.51. The van der Waals surface area contributed by atoms with Crippen molar-refractivity contribution in [2.75, 3.05) is 13.1 Å². The fourth-order valence-corrected chi connectivity index (χ4v) is 3.29. The van der Waals surface area contributed by atoms with Gasteiger partial charge >= 0.3 is 0 Å². The Labute approximate surface area is 141 Å². The van der Waals surface area contributed by atoms with Crippen molar-refractivity contribution in [2.45, 2.75) is 25.5 Å². The minimum Gasteiger partial charge on any atom is -0.393 e. The van der Waals surface area contributed by atoms with E-state index < -0.39 is 0 Å². The van der Waals surface area contributed by atoms with Gasteiger partial charge in [-0.3, -0.25) is 4.90 Å². The third-order valence-corrected chi connectivity index (χ3v) is 4.62. The first-order valence-electron chi connectivity index (χ1n) is 8.51. The van der Waals surface area contributed by atoms with Gasteiger partial charge in [0.05, 0.1) is 23.9 Å². The Balaban J connectivity index is 1.72. The summed E-state index contributed by atoms with van der Waals surface area (Å²) in [4.78, 5) is 12.0. The molecule has 0 bridgehead atoms. The van der Waals surface area contributed by atoms with Gasteiger partial charge in [0.1, 0.15) is 5.82 Å². The molecule has 0 amide bonds. The Morgan fingerprint density at radius 1 is 0.917 bits per heavy atom. The number of hydrogen-bond acceptors (Lipinski definition) is 4. The van der Waals surface area contributed by atoms with Gasteiger partial charge in [0, 0.05) is 24.0 Å². The lowest BCUT2D eigenvalue weighted by molar-refractivity contribution is 0.0781. The predicted molar refractivity (Wildman–Crippen MR) is 95.5 cm³/mol. The lowest BCUT2D eigenvalue weighted by Gasteiger charge is -2.28. The molecule has 0 atom stereocenters. The summed E-state index contributed by atoms with van der Waals surface area (Å²) in [6, 6.07) is 18.5. The average molecular weight is 319 g/mol. The van der Waals surface area contributed by atoms with Gasteiger partial charge in [-0.1, -0.05) is 48.5 Å². The third kappa shape index (κ3) is 3.16. The Kier molecular flexibility index (Phi) is 4.24. The number of aromatic nitrogens is 2. The molecule has 0 spiro atoms. The highest BCUT2D eigenvalue weighted by Gasteiger charge is 2.18. The fraction of sp³-hybridized carbons (Fsp3) is 0.300. The zero-order chi connectivity index (χ0) is 16.4.